The van der Waals surface area contributed by atoms with E-state index in [1.165, 1.54) is 28.6 Å². The van der Waals surface area contributed by atoms with Crippen LogP contribution in [-0.4, -0.2) is 23.1 Å². The number of hydrogen-bond donors (Lipinski definition) is 1. The molecule has 1 heterocycles. The molecular weight excluding hydrogens is 300 g/mol. The quantitative estimate of drug-likeness (QED) is 0.703. The molecule has 0 bridgehead atoms. The zero-order valence-corrected chi connectivity index (χ0v) is 14.7. The van der Waals surface area contributed by atoms with Gasteiger partial charge in [-0.15, -0.1) is 0 Å². The summed E-state index contributed by atoms with van der Waals surface area (Å²) >= 11 is 8.08. The molecule has 0 radical (unpaired) electrons. The first-order chi connectivity index (χ1) is 10.1. The lowest BCUT2D eigenvalue weighted by Crippen LogP contribution is -2.18. The Labute approximate surface area is 137 Å². The summed E-state index contributed by atoms with van der Waals surface area (Å²) in [6.45, 7) is 7.50. The predicted octanol–water partition coefficient (Wildman–Crippen LogP) is 4.79. The van der Waals surface area contributed by atoms with Crippen molar-refractivity contribution in [3.63, 3.8) is 0 Å². The van der Waals surface area contributed by atoms with Gasteiger partial charge in [0.2, 0.25) is 0 Å². The molecule has 2 rings (SSSR count). The molecular formula is C17H25ClN2S. The van der Waals surface area contributed by atoms with Crippen LogP contribution in [0.1, 0.15) is 25.8 Å². The van der Waals surface area contributed by atoms with Gasteiger partial charge in [0.1, 0.15) is 0 Å². The molecule has 4 heteroatoms. The largest absolute Gasteiger partial charge is 0.347 e. The molecule has 0 aliphatic carbocycles. The summed E-state index contributed by atoms with van der Waals surface area (Å²) in [5.74, 6) is 1.87. The van der Waals surface area contributed by atoms with Crippen molar-refractivity contribution < 1.29 is 0 Å². The lowest BCUT2D eigenvalue weighted by molar-refractivity contribution is 0.552. The highest BCUT2D eigenvalue weighted by Gasteiger charge is 2.09. The molecule has 0 aliphatic heterocycles. The second-order valence-electron chi connectivity index (χ2n) is 5.88. The van der Waals surface area contributed by atoms with Crippen LogP contribution in [0.25, 0.3) is 10.9 Å². The maximum atomic E-state index is 6.17. The third kappa shape index (κ3) is 4.67. The first-order valence-electron chi connectivity index (χ1n) is 7.58. The van der Waals surface area contributed by atoms with Crippen LogP contribution >= 0.6 is 23.4 Å². The Morgan fingerprint density at radius 3 is 2.86 bits per heavy atom. The molecule has 0 amide bonds. The van der Waals surface area contributed by atoms with E-state index in [0.717, 1.165) is 24.7 Å². The Kier molecular flexibility index (Phi) is 6.46. The molecule has 21 heavy (non-hydrogen) atoms. The van der Waals surface area contributed by atoms with Gasteiger partial charge in [0, 0.05) is 35.2 Å². The number of benzene rings is 1. The summed E-state index contributed by atoms with van der Waals surface area (Å²) in [4.78, 5) is 0. The third-order valence-electron chi connectivity index (χ3n) is 3.54. The third-order valence-corrected chi connectivity index (χ3v) is 4.47. The summed E-state index contributed by atoms with van der Waals surface area (Å²) < 4.78 is 2.35. The van der Waals surface area contributed by atoms with Gasteiger partial charge in [0.05, 0.1) is 0 Å². The minimum Gasteiger partial charge on any atom is -0.347 e. The normalized spacial score (nSPS) is 11.7. The number of fused-ring (bicyclic) bond motifs is 1. The second-order valence-corrected chi connectivity index (χ2v) is 7.30. The molecule has 0 saturated heterocycles. The van der Waals surface area contributed by atoms with Crippen LogP contribution < -0.4 is 5.32 Å². The summed E-state index contributed by atoms with van der Waals surface area (Å²) in [7, 11) is 0. The number of nitrogens with one attached hydrogen (secondary N) is 1. The maximum absolute atomic E-state index is 6.17. The van der Waals surface area contributed by atoms with Gasteiger partial charge in [0.15, 0.2) is 0 Å². The van der Waals surface area contributed by atoms with E-state index in [1.54, 1.807) is 0 Å². The molecule has 0 atom stereocenters. The van der Waals surface area contributed by atoms with Crippen LogP contribution in [0.5, 0.6) is 0 Å². The van der Waals surface area contributed by atoms with Gasteiger partial charge in [-0.1, -0.05) is 31.5 Å². The number of aromatic nitrogens is 1. The van der Waals surface area contributed by atoms with Crippen molar-refractivity contribution >= 4 is 34.3 Å². The minimum atomic E-state index is 0.675. The standard InChI is InChI=1S/C17H25ClN2S/c1-13(2)10-19-11-14-12-20(7-4-8-21-3)17-9-15(18)5-6-16(14)17/h5-6,9,12-13,19H,4,7-8,10-11H2,1-3H3. The lowest BCUT2D eigenvalue weighted by atomic mass is 10.1. The molecule has 0 fully saturated rings. The van der Waals surface area contributed by atoms with E-state index in [9.17, 15) is 0 Å². The van der Waals surface area contributed by atoms with Crippen molar-refractivity contribution in [1.82, 2.24) is 9.88 Å². The zero-order chi connectivity index (χ0) is 15.2. The SMILES string of the molecule is CSCCCn1cc(CNCC(C)C)c2ccc(Cl)cc21. The zero-order valence-electron chi connectivity index (χ0n) is 13.2. The fourth-order valence-corrected chi connectivity index (χ4v) is 3.13. The van der Waals surface area contributed by atoms with E-state index >= 15 is 0 Å². The number of aryl methyl sites for hydroxylation is 1. The van der Waals surface area contributed by atoms with Crippen molar-refractivity contribution in [1.29, 1.82) is 0 Å². The monoisotopic (exact) mass is 324 g/mol. The number of hydrogen-bond acceptors (Lipinski definition) is 2. The number of nitrogens with zero attached hydrogens (tertiary/aromatic N) is 1. The molecule has 0 spiro atoms. The summed E-state index contributed by atoms with van der Waals surface area (Å²) in [5.41, 5.74) is 2.62. The first kappa shape index (κ1) is 16.7. The molecule has 2 aromatic rings. The van der Waals surface area contributed by atoms with E-state index in [-0.39, 0.29) is 0 Å². The van der Waals surface area contributed by atoms with Crippen LogP contribution in [0.15, 0.2) is 24.4 Å². The van der Waals surface area contributed by atoms with Crippen molar-refractivity contribution in [2.24, 2.45) is 5.92 Å². The van der Waals surface area contributed by atoms with Crippen LogP contribution in [-0.2, 0) is 13.1 Å². The topological polar surface area (TPSA) is 17.0 Å². The molecule has 0 unspecified atom stereocenters. The average Bonchev–Trinajstić information content (AvgIpc) is 2.76. The van der Waals surface area contributed by atoms with E-state index < -0.39 is 0 Å². The van der Waals surface area contributed by atoms with Gasteiger partial charge in [0.25, 0.3) is 0 Å². The number of rotatable bonds is 8. The van der Waals surface area contributed by atoms with E-state index in [2.05, 4.69) is 48.3 Å². The van der Waals surface area contributed by atoms with Gasteiger partial charge in [-0.3, -0.25) is 0 Å². The Bertz CT molecular complexity index is 577. The van der Waals surface area contributed by atoms with E-state index in [4.69, 9.17) is 11.6 Å². The Hall–Kier alpha value is -0.640. The minimum absolute atomic E-state index is 0.675. The Morgan fingerprint density at radius 2 is 2.14 bits per heavy atom. The highest BCUT2D eigenvalue weighted by Crippen LogP contribution is 2.25. The van der Waals surface area contributed by atoms with Gasteiger partial charge in [-0.2, -0.15) is 11.8 Å². The fraction of sp³-hybridized carbons (Fsp3) is 0.529. The highest BCUT2D eigenvalue weighted by molar-refractivity contribution is 7.98. The molecule has 1 aromatic heterocycles. The molecule has 1 aromatic carbocycles. The number of thioether (sulfide) groups is 1. The van der Waals surface area contributed by atoms with Gasteiger partial charge >= 0.3 is 0 Å². The van der Waals surface area contributed by atoms with Crippen LogP contribution in [0.2, 0.25) is 5.02 Å². The Morgan fingerprint density at radius 1 is 1.33 bits per heavy atom. The summed E-state index contributed by atoms with van der Waals surface area (Å²) in [5, 5.41) is 5.67. The van der Waals surface area contributed by atoms with Gasteiger partial charge < -0.3 is 9.88 Å². The highest BCUT2D eigenvalue weighted by atomic mass is 35.5. The molecule has 0 saturated carbocycles. The van der Waals surface area contributed by atoms with Crippen LogP contribution in [0.4, 0.5) is 0 Å². The van der Waals surface area contributed by atoms with Crippen LogP contribution in [0.3, 0.4) is 0 Å². The van der Waals surface area contributed by atoms with Crippen molar-refractivity contribution in [3.8, 4) is 0 Å². The smallest absolute Gasteiger partial charge is 0.0498 e. The molecule has 1 N–H and O–H groups in total. The predicted molar refractivity (Wildman–Crippen MR) is 96.5 cm³/mol. The average molecular weight is 325 g/mol. The Balaban J connectivity index is 2.20. The molecule has 2 nitrogen and oxygen atoms in total. The van der Waals surface area contributed by atoms with Gasteiger partial charge in [-0.25, -0.2) is 0 Å². The van der Waals surface area contributed by atoms with Crippen molar-refractivity contribution in [2.45, 2.75) is 33.4 Å². The molecule has 116 valence electrons. The summed E-state index contributed by atoms with van der Waals surface area (Å²) in [6.07, 6.45) is 5.64. The summed E-state index contributed by atoms with van der Waals surface area (Å²) in [6, 6.07) is 6.22. The number of halogens is 1. The fourth-order valence-electron chi connectivity index (χ4n) is 2.54. The van der Waals surface area contributed by atoms with Crippen molar-refractivity contribution in [3.05, 3.63) is 35.0 Å². The lowest BCUT2D eigenvalue weighted by Gasteiger charge is -2.06. The van der Waals surface area contributed by atoms with Crippen LogP contribution in [0, 0.1) is 5.92 Å². The van der Waals surface area contributed by atoms with E-state index in [0.29, 0.717) is 5.92 Å². The van der Waals surface area contributed by atoms with E-state index in [1.807, 2.05) is 17.8 Å². The maximum Gasteiger partial charge on any atom is 0.0498 e. The second kappa shape index (κ2) is 8.11. The first-order valence-corrected chi connectivity index (χ1v) is 9.36. The molecule has 0 aliphatic rings. The van der Waals surface area contributed by atoms with Gasteiger partial charge in [-0.05, 0) is 48.6 Å². The van der Waals surface area contributed by atoms with Crippen molar-refractivity contribution in [2.75, 3.05) is 18.6 Å².